The largest absolute Gasteiger partial charge is 0.482 e. The molecule has 0 amide bonds. The highest BCUT2D eigenvalue weighted by atomic mass is 16.5. The number of nitrogens with one attached hydrogen (secondary N) is 1. The van der Waals surface area contributed by atoms with Gasteiger partial charge in [-0.25, -0.2) is 0 Å². The van der Waals surface area contributed by atoms with Crippen molar-refractivity contribution in [1.82, 2.24) is 0 Å². The van der Waals surface area contributed by atoms with Gasteiger partial charge in [-0.05, 0) is 43.5 Å². The van der Waals surface area contributed by atoms with Crippen LogP contribution in [0.25, 0.3) is 0 Å². The van der Waals surface area contributed by atoms with Crippen molar-refractivity contribution in [3.63, 3.8) is 0 Å². The van der Waals surface area contributed by atoms with E-state index in [9.17, 15) is 4.79 Å². The summed E-state index contributed by atoms with van der Waals surface area (Å²) in [6.07, 6.45) is 1.28. The van der Waals surface area contributed by atoms with Crippen molar-refractivity contribution in [2.75, 3.05) is 5.32 Å². The summed E-state index contributed by atoms with van der Waals surface area (Å²) in [6, 6.07) is 17.5. The molecule has 1 aliphatic rings. The van der Waals surface area contributed by atoms with Crippen LogP contribution in [0.15, 0.2) is 54.6 Å². The number of aryl methyl sites for hydroxylation is 1. The smallest absolute Gasteiger partial charge is 0.195 e. The monoisotopic (exact) mass is 281 g/mol. The molecule has 1 unspecified atom stereocenters. The zero-order valence-electron chi connectivity index (χ0n) is 12.1. The zero-order valence-corrected chi connectivity index (χ0v) is 12.1. The summed E-state index contributed by atoms with van der Waals surface area (Å²) in [7, 11) is 0. The summed E-state index contributed by atoms with van der Waals surface area (Å²) >= 11 is 0. The first kappa shape index (κ1) is 13.7. The number of Topliss-reactive ketones (excluding diaryl/α,β-unsaturated/α-hetero) is 1. The van der Waals surface area contributed by atoms with Gasteiger partial charge >= 0.3 is 0 Å². The summed E-state index contributed by atoms with van der Waals surface area (Å²) < 4.78 is 5.86. The standard InChI is InChI=1S/C18H19NO2/c1-13(19-15-8-3-2-4-9-15)18(20)17-12-11-14-7-5-6-10-16(14)21-17/h2-10,13,17,19H,11-12H2,1H3/t13-,17?/m0/s1. The SMILES string of the molecule is C[C@H](Nc1ccccc1)C(=O)C1CCc2ccccc2O1. The Labute approximate surface area is 124 Å². The number of benzene rings is 2. The molecular formula is C18H19NO2. The molecule has 21 heavy (non-hydrogen) atoms. The van der Waals surface area contributed by atoms with Crippen LogP contribution in [0.4, 0.5) is 5.69 Å². The maximum atomic E-state index is 12.5. The summed E-state index contributed by atoms with van der Waals surface area (Å²) in [5.74, 6) is 0.947. The topological polar surface area (TPSA) is 38.3 Å². The van der Waals surface area contributed by atoms with Gasteiger partial charge in [0.25, 0.3) is 0 Å². The Morgan fingerprint density at radius 2 is 1.86 bits per heavy atom. The minimum Gasteiger partial charge on any atom is -0.482 e. The molecule has 2 aromatic carbocycles. The number of fused-ring (bicyclic) bond motifs is 1. The van der Waals surface area contributed by atoms with Crippen LogP contribution in [0.5, 0.6) is 5.75 Å². The maximum Gasteiger partial charge on any atom is 0.195 e. The lowest BCUT2D eigenvalue weighted by Gasteiger charge is -2.27. The van der Waals surface area contributed by atoms with E-state index in [1.807, 2.05) is 55.5 Å². The van der Waals surface area contributed by atoms with Gasteiger partial charge in [0.2, 0.25) is 0 Å². The summed E-state index contributed by atoms with van der Waals surface area (Å²) in [4.78, 5) is 12.5. The Morgan fingerprint density at radius 1 is 1.14 bits per heavy atom. The fourth-order valence-corrected chi connectivity index (χ4v) is 2.66. The van der Waals surface area contributed by atoms with Gasteiger partial charge in [-0.15, -0.1) is 0 Å². The van der Waals surface area contributed by atoms with Crippen molar-refractivity contribution >= 4 is 11.5 Å². The lowest BCUT2D eigenvalue weighted by molar-refractivity contribution is -0.126. The van der Waals surface area contributed by atoms with Crippen LogP contribution in [0.1, 0.15) is 18.9 Å². The Balaban J connectivity index is 1.66. The van der Waals surface area contributed by atoms with E-state index in [0.29, 0.717) is 0 Å². The Hall–Kier alpha value is -2.29. The molecule has 0 spiro atoms. The molecule has 3 rings (SSSR count). The molecule has 0 saturated carbocycles. The van der Waals surface area contributed by atoms with Crippen LogP contribution in [0.3, 0.4) is 0 Å². The average molecular weight is 281 g/mol. The fraction of sp³-hybridized carbons (Fsp3) is 0.278. The molecule has 1 heterocycles. The second-order valence-electron chi connectivity index (χ2n) is 5.39. The Morgan fingerprint density at radius 3 is 2.67 bits per heavy atom. The molecule has 1 aliphatic heterocycles. The van der Waals surface area contributed by atoms with E-state index in [-0.39, 0.29) is 17.9 Å². The second-order valence-corrected chi connectivity index (χ2v) is 5.39. The van der Waals surface area contributed by atoms with Crippen molar-refractivity contribution in [1.29, 1.82) is 0 Å². The second kappa shape index (κ2) is 6.00. The zero-order chi connectivity index (χ0) is 14.7. The van der Waals surface area contributed by atoms with Gasteiger partial charge in [0.15, 0.2) is 11.9 Å². The third-order valence-corrected chi connectivity index (χ3v) is 3.82. The van der Waals surface area contributed by atoms with Crippen molar-refractivity contribution in [2.45, 2.75) is 31.9 Å². The highest BCUT2D eigenvalue weighted by Gasteiger charge is 2.29. The average Bonchev–Trinajstić information content (AvgIpc) is 2.54. The van der Waals surface area contributed by atoms with Gasteiger partial charge < -0.3 is 10.1 Å². The molecule has 0 bridgehead atoms. The highest BCUT2D eigenvalue weighted by Crippen LogP contribution is 2.28. The van der Waals surface area contributed by atoms with Crippen molar-refractivity contribution in [3.8, 4) is 5.75 Å². The van der Waals surface area contributed by atoms with E-state index in [2.05, 4.69) is 11.4 Å². The third-order valence-electron chi connectivity index (χ3n) is 3.82. The molecule has 108 valence electrons. The number of rotatable bonds is 4. The molecular weight excluding hydrogens is 262 g/mol. The molecule has 0 aliphatic carbocycles. The summed E-state index contributed by atoms with van der Waals surface area (Å²) in [5.41, 5.74) is 2.14. The van der Waals surface area contributed by atoms with Gasteiger partial charge in [-0.3, -0.25) is 4.79 Å². The normalized spacial score (nSPS) is 18.2. The van der Waals surface area contributed by atoms with Crippen LogP contribution in [-0.2, 0) is 11.2 Å². The first-order valence-corrected chi connectivity index (χ1v) is 7.34. The maximum absolute atomic E-state index is 12.5. The number of ether oxygens (including phenoxy) is 1. The molecule has 3 nitrogen and oxygen atoms in total. The van der Waals surface area contributed by atoms with Crippen molar-refractivity contribution < 1.29 is 9.53 Å². The quantitative estimate of drug-likeness (QED) is 0.933. The van der Waals surface area contributed by atoms with Crippen LogP contribution >= 0.6 is 0 Å². The number of para-hydroxylation sites is 2. The summed E-state index contributed by atoms with van der Waals surface area (Å²) in [5, 5.41) is 3.23. The van der Waals surface area contributed by atoms with E-state index < -0.39 is 0 Å². The number of anilines is 1. The molecule has 2 aromatic rings. The van der Waals surface area contributed by atoms with E-state index >= 15 is 0 Å². The number of carbonyl (C=O) groups is 1. The highest BCUT2D eigenvalue weighted by molar-refractivity contribution is 5.90. The predicted molar refractivity (Wildman–Crippen MR) is 83.7 cm³/mol. The van der Waals surface area contributed by atoms with Crippen LogP contribution < -0.4 is 10.1 Å². The van der Waals surface area contributed by atoms with Gasteiger partial charge in [-0.2, -0.15) is 0 Å². The van der Waals surface area contributed by atoms with E-state index in [4.69, 9.17) is 4.74 Å². The van der Waals surface area contributed by atoms with Crippen LogP contribution in [0.2, 0.25) is 0 Å². The first-order chi connectivity index (χ1) is 10.2. The van der Waals surface area contributed by atoms with Crippen molar-refractivity contribution in [2.24, 2.45) is 0 Å². The van der Waals surface area contributed by atoms with Crippen LogP contribution in [0, 0.1) is 0 Å². The molecule has 1 N–H and O–H groups in total. The lowest BCUT2D eigenvalue weighted by Crippen LogP contribution is -2.40. The molecule has 2 atom stereocenters. The Kier molecular flexibility index (Phi) is 3.91. The minimum absolute atomic E-state index is 0.105. The predicted octanol–water partition coefficient (Wildman–Crippen LogP) is 3.45. The molecule has 0 radical (unpaired) electrons. The number of ketones is 1. The minimum atomic E-state index is -0.355. The number of hydrogen-bond acceptors (Lipinski definition) is 3. The van der Waals surface area contributed by atoms with Crippen molar-refractivity contribution in [3.05, 3.63) is 60.2 Å². The molecule has 0 fully saturated rings. The number of hydrogen-bond donors (Lipinski definition) is 1. The fourth-order valence-electron chi connectivity index (χ4n) is 2.66. The van der Waals surface area contributed by atoms with E-state index in [1.54, 1.807) is 0 Å². The van der Waals surface area contributed by atoms with Crippen LogP contribution in [-0.4, -0.2) is 17.9 Å². The van der Waals surface area contributed by atoms with Gasteiger partial charge in [-0.1, -0.05) is 36.4 Å². The first-order valence-electron chi connectivity index (χ1n) is 7.34. The third kappa shape index (κ3) is 3.07. The van der Waals surface area contributed by atoms with Gasteiger partial charge in [0.05, 0.1) is 6.04 Å². The number of carbonyl (C=O) groups excluding carboxylic acids is 1. The van der Waals surface area contributed by atoms with Gasteiger partial charge in [0.1, 0.15) is 5.75 Å². The summed E-state index contributed by atoms with van der Waals surface area (Å²) in [6.45, 7) is 1.89. The molecule has 0 aromatic heterocycles. The lowest BCUT2D eigenvalue weighted by atomic mass is 9.97. The van der Waals surface area contributed by atoms with Gasteiger partial charge in [0, 0.05) is 5.69 Å². The Bertz CT molecular complexity index is 624. The molecule has 0 saturated heterocycles. The molecule has 3 heteroatoms. The van der Waals surface area contributed by atoms with E-state index in [0.717, 1.165) is 24.3 Å². The van der Waals surface area contributed by atoms with E-state index in [1.165, 1.54) is 5.56 Å².